The average molecular weight is 473 g/mol. The van der Waals surface area contributed by atoms with E-state index in [1.165, 1.54) is 89.9 Å². The lowest BCUT2D eigenvalue weighted by Gasteiger charge is -2.20. The van der Waals surface area contributed by atoms with E-state index in [0.717, 1.165) is 26.1 Å². The highest BCUT2D eigenvalue weighted by molar-refractivity contribution is 4.56. The van der Waals surface area contributed by atoms with Crippen LogP contribution >= 0.6 is 0 Å². The van der Waals surface area contributed by atoms with Crippen LogP contribution in [0.1, 0.15) is 137 Å². The van der Waals surface area contributed by atoms with Crippen molar-refractivity contribution in [2.45, 2.75) is 156 Å². The van der Waals surface area contributed by atoms with Crippen LogP contribution in [0.5, 0.6) is 0 Å². The van der Waals surface area contributed by atoms with Crippen molar-refractivity contribution in [1.29, 1.82) is 0 Å². The Balaban J connectivity index is 3.42. The third kappa shape index (κ3) is 26.3. The Labute approximate surface area is 207 Å². The van der Waals surface area contributed by atoms with Crippen LogP contribution in [0, 0.1) is 0 Å². The second-order valence-electron chi connectivity index (χ2n) is 10.0. The molecule has 0 aromatic carbocycles. The van der Waals surface area contributed by atoms with Crippen molar-refractivity contribution in [1.82, 2.24) is 0 Å². The van der Waals surface area contributed by atoms with E-state index in [2.05, 4.69) is 34.6 Å². The molecular formula is C29H60O4. The zero-order valence-electron chi connectivity index (χ0n) is 23.2. The van der Waals surface area contributed by atoms with Gasteiger partial charge in [0, 0.05) is 13.2 Å². The van der Waals surface area contributed by atoms with Gasteiger partial charge in [0.15, 0.2) is 0 Å². The van der Waals surface area contributed by atoms with Gasteiger partial charge < -0.3 is 18.9 Å². The fourth-order valence-electron chi connectivity index (χ4n) is 4.03. The first-order valence-corrected chi connectivity index (χ1v) is 14.5. The Hall–Kier alpha value is -0.160. The molecule has 0 aliphatic carbocycles. The monoisotopic (exact) mass is 472 g/mol. The first-order chi connectivity index (χ1) is 16.1. The predicted octanol–water partition coefficient (Wildman–Crippen LogP) is 8.50. The molecule has 0 aliphatic rings. The van der Waals surface area contributed by atoms with Crippen LogP contribution in [-0.4, -0.2) is 51.3 Å². The molecule has 0 amide bonds. The van der Waals surface area contributed by atoms with Gasteiger partial charge in [-0.05, 0) is 33.6 Å². The molecule has 0 heterocycles. The van der Waals surface area contributed by atoms with Crippen LogP contribution in [-0.2, 0) is 18.9 Å². The SMILES string of the molecule is CCCCCCCCCCOCC(C)OC(C)COCC(C)OCCCCCCCCCC. The van der Waals surface area contributed by atoms with Crippen molar-refractivity contribution >= 4 is 0 Å². The van der Waals surface area contributed by atoms with E-state index in [1.807, 2.05) is 0 Å². The summed E-state index contributed by atoms with van der Waals surface area (Å²) in [4.78, 5) is 0. The molecule has 0 rings (SSSR count). The smallest absolute Gasteiger partial charge is 0.0785 e. The van der Waals surface area contributed by atoms with Gasteiger partial charge >= 0.3 is 0 Å². The number of rotatable bonds is 27. The molecule has 3 atom stereocenters. The third-order valence-electron chi connectivity index (χ3n) is 6.06. The minimum atomic E-state index is 0.0756. The number of hydrogen-bond acceptors (Lipinski definition) is 4. The Morgan fingerprint density at radius 1 is 0.424 bits per heavy atom. The normalized spacial score (nSPS) is 14.5. The molecule has 0 aromatic heterocycles. The first kappa shape index (κ1) is 32.8. The van der Waals surface area contributed by atoms with Crippen molar-refractivity contribution < 1.29 is 18.9 Å². The minimum absolute atomic E-state index is 0.0756. The zero-order chi connectivity index (χ0) is 24.4. The summed E-state index contributed by atoms with van der Waals surface area (Å²) in [7, 11) is 0. The Morgan fingerprint density at radius 3 is 1.33 bits per heavy atom. The summed E-state index contributed by atoms with van der Waals surface area (Å²) in [5.41, 5.74) is 0. The molecule has 0 spiro atoms. The summed E-state index contributed by atoms with van der Waals surface area (Å²) >= 11 is 0. The lowest BCUT2D eigenvalue weighted by atomic mass is 10.1. The van der Waals surface area contributed by atoms with E-state index in [0.29, 0.717) is 19.8 Å². The standard InChI is InChI=1S/C29H60O4/c1-6-8-10-12-14-16-18-20-22-30-25-28(4)33-29(5)26-31-24-27(3)32-23-21-19-17-15-13-11-9-7-2/h27-29H,6-26H2,1-5H3. The predicted molar refractivity (Wildman–Crippen MR) is 142 cm³/mol. The lowest BCUT2D eigenvalue weighted by molar-refractivity contribution is -0.0840. The highest BCUT2D eigenvalue weighted by Gasteiger charge is 2.10. The quantitative estimate of drug-likeness (QED) is 0.112. The van der Waals surface area contributed by atoms with Gasteiger partial charge in [0.2, 0.25) is 0 Å². The Morgan fingerprint density at radius 2 is 0.818 bits per heavy atom. The molecule has 3 unspecified atom stereocenters. The molecule has 0 bridgehead atoms. The molecule has 4 heteroatoms. The van der Waals surface area contributed by atoms with Gasteiger partial charge in [-0.25, -0.2) is 0 Å². The summed E-state index contributed by atoms with van der Waals surface area (Å²) in [5.74, 6) is 0. The van der Waals surface area contributed by atoms with Crippen molar-refractivity contribution in [3.8, 4) is 0 Å². The highest BCUT2D eigenvalue weighted by Crippen LogP contribution is 2.10. The second kappa shape index (κ2) is 26.4. The van der Waals surface area contributed by atoms with E-state index >= 15 is 0 Å². The van der Waals surface area contributed by atoms with Crippen LogP contribution in [0.25, 0.3) is 0 Å². The molecule has 0 aliphatic heterocycles. The molecule has 0 saturated heterocycles. The maximum atomic E-state index is 5.98. The van der Waals surface area contributed by atoms with Gasteiger partial charge in [0.05, 0.1) is 38.1 Å². The third-order valence-corrected chi connectivity index (χ3v) is 6.06. The van der Waals surface area contributed by atoms with Crippen molar-refractivity contribution in [2.24, 2.45) is 0 Å². The van der Waals surface area contributed by atoms with Gasteiger partial charge in [0.25, 0.3) is 0 Å². The van der Waals surface area contributed by atoms with Crippen LogP contribution < -0.4 is 0 Å². The number of ether oxygens (including phenoxy) is 4. The summed E-state index contributed by atoms with van der Waals surface area (Å²) in [6, 6.07) is 0. The molecular weight excluding hydrogens is 412 g/mol. The molecule has 0 aromatic rings. The summed E-state index contributed by atoms with van der Waals surface area (Å²) in [6.07, 6.45) is 21.6. The molecule has 0 fully saturated rings. The molecule has 200 valence electrons. The zero-order valence-corrected chi connectivity index (χ0v) is 23.2. The van der Waals surface area contributed by atoms with E-state index in [4.69, 9.17) is 18.9 Å². The van der Waals surface area contributed by atoms with Gasteiger partial charge in [-0.2, -0.15) is 0 Å². The maximum absolute atomic E-state index is 5.98. The summed E-state index contributed by atoms with van der Waals surface area (Å²) < 4.78 is 23.5. The summed E-state index contributed by atoms with van der Waals surface area (Å²) in [5, 5.41) is 0. The fraction of sp³-hybridized carbons (Fsp3) is 1.00. The molecule has 4 nitrogen and oxygen atoms in total. The van der Waals surface area contributed by atoms with Crippen LogP contribution in [0.15, 0.2) is 0 Å². The lowest BCUT2D eigenvalue weighted by Crippen LogP contribution is -2.27. The van der Waals surface area contributed by atoms with E-state index in [-0.39, 0.29) is 18.3 Å². The van der Waals surface area contributed by atoms with Gasteiger partial charge in [-0.3, -0.25) is 0 Å². The largest absolute Gasteiger partial charge is 0.379 e. The van der Waals surface area contributed by atoms with Gasteiger partial charge in [-0.1, -0.05) is 104 Å². The van der Waals surface area contributed by atoms with E-state index in [1.54, 1.807) is 0 Å². The van der Waals surface area contributed by atoms with Crippen molar-refractivity contribution in [3.63, 3.8) is 0 Å². The molecule has 0 radical (unpaired) electrons. The number of hydrogen-bond donors (Lipinski definition) is 0. The van der Waals surface area contributed by atoms with Crippen molar-refractivity contribution in [3.05, 3.63) is 0 Å². The molecule has 33 heavy (non-hydrogen) atoms. The molecule has 0 saturated carbocycles. The summed E-state index contributed by atoms with van der Waals surface area (Å²) in [6.45, 7) is 14.4. The van der Waals surface area contributed by atoms with Gasteiger partial charge in [0.1, 0.15) is 0 Å². The first-order valence-electron chi connectivity index (χ1n) is 14.5. The van der Waals surface area contributed by atoms with Crippen LogP contribution in [0.2, 0.25) is 0 Å². The van der Waals surface area contributed by atoms with Crippen molar-refractivity contribution in [2.75, 3.05) is 33.0 Å². The average Bonchev–Trinajstić information content (AvgIpc) is 2.79. The van der Waals surface area contributed by atoms with Crippen LogP contribution in [0.4, 0.5) is 0 Å². The second-order valence-corrected chi connectivity index (χ2v) is 10.0. The topological polar surface area (TPSA) is 36.9 Å². The fourth-order valence-corrected chi connectivity index (χ4v) is 4.03. The highest BCUT2D eigenvalue weighted by atomic mass is 16.6. The Bertz CT molecular complexity index is 364. The Kier molecular flexibility index (Phi) is 26.3. The van der Waals surface area contributed by atoms with E-state index in [9.17, 15) is 0 Å². The van der Waals surface area contributed by atoms with E-state index < -0.39 is 0 Å². The van der Waals surface area contributed by atoms with Crippen LogP contribution in [0.3, 0.4) is 0 Å². The van der Waals surface area contributed by atoms with Gasteiger partial charge in [-0.15, -0.1) is 0 Å². The molecule has 0 N–H and O–H groups in total. The maximum Gasteiger partial charge on any atom is 0.0785 e. The number of unbranched alkanes of at least 4 members (excludes halogenated alkanes) is 14. The minimum Gasteiger partial charge on any atom is -0.379 e.